The first-order valence-electron chi connectivity index (χ1n) is 10.0. The van der Waals surface area contributed by atoms with Crippen LogP contribution in [0.2, 0.25) is 0 Å². The molecule has 154 valence electrons. The van der Waals surface area contributed by atoms with Crippen LogP contribution in [0.4, 0.5) is 4.79 Å². The zero-order valence-corrected chi connectivity index (χ0v) is 16.8. The molecule has 1 N–H and O–H groups in total. The van der Waals surface area contributed by atoms with Crippen molar-refractivity contribution in [3.05, 3.63) is 12.7 Å². The molecule has 7 nitrogen and oxygen atoms in total. The number of carbonyl (C=O) groups excluding carboxylic acids is 1. The molecule has 0 bridgehead atoms. The summed E-state index contributed by atoms with van der Waals surface area (Å²) in [6.45, 7) is 8.94. The number of methoxy groups -OCH3 is 2. The Kier molecular flexibility index (Phi) is 6.78. The number of piperidine rings is 1. The summed E-state index contributed by atoms with van der Waals surface area (Å²) in [5.41, 5.74) is 0.0129. The molecule has 2 saturated heterocycles. The highest BCUT2D eigenvalue weighted by atomic mass is 16.7. The van der Waals surface area contributed by atoms with Crippen LogP contribution >= 0.6 is 0 Å². The predicted molar refractivity (Wildman–Crippen MR) is 101 cm³/mol. The van der Waals surface area contributed by atoms with Crippen LogP contribution in [-0.2, 0) is 18.9 Å². The lowest BCUT2D eigenvalue weighted by Gasteiger charge is -2.57. The first-order chi connectivity index (χ1) is 13.1. The maximum Gasteiger partial charge on any atom is 0.410 e. The average molecular weight is 383 g/mol. The lowest BCUT2D eigenvalue weighted by molar-refractivity contribution is -0.222. The van der Waals surface area contributed by atoms with Crippen LogP contribution in [0.3, 0.4) is 0 Å². The van der Waals surface area contributed by atoms with Crippen LogP contribution in [0.5, 0.6) is 0 Å². The molecule has 1 aliphatic carbocycles. The summed E-state index contributed by atoms with van der Waals surface area (Å²) in [5, 5.41) is 3.68. The van der Waals surface area contributed by atoms with Gasteiger partial charge in [0.05, 0.1) is 6.10 Å². The zero-order chi connectivity index (χ0) is 19.4. The Balaban J connectivity index is 1.86. The Labute approximate surface area is 162 Å². The zero-order valence-electron chi connectivity index (χ0n) is 16.8. The van der Waals surface area contributed by atoms with Crippen molar-refractivity contribution in [1.82, 2.24) is 10.2 Å². The topological polar surface area (TPSA) is 69.3 Å². The molecule has 3 rings (SSSR count). The van der Waals surface area contributed by atoms with E-state index in [2.05, 4.69) is 11.9 Å². The normalized spacial score (nSPS) is 35.6. The van der Waals surface area contributed by atoms with E-state index in [1.807, 2.05) is 11.8 Å². The fourth-order valence-corrected chi connectivity index (χ4v) is 5.71. The van der Waals surface area contributed by atoms with E-state index in [-0.39, 0.29) is 36.4 Å². The minimum Gasteiger partial charge on any atom is -0.445 e. The quantitative estimate of drug-likeness (QED) is 0.537. The van der Waals surface area contributed by atoms with E-state index in [0.29, 0.717) is 31.7 Å². The second kappa shape index (κ2) is 8.90. The van der Waals surface area contributed by atoms with Gasteiger partial charge in [-0.1, -0.05) is 12.7 Å². The van der Waals surface area contributed by atoms with Crippen molar-refractivity contribution in [3.8, 4) is 0 Å². The summed E-state index contributed by atoms with van der Waals surface area (Å²) >= 11 is 0. The Morgan fingerprint density at radius 2 is 2.19 bits per heavy atom. The van der Waals surface area contributed by atoms with E-state index in [1.54, 1.807) is 20.3 Å². The molecule has 2 heterocycles. The van der Waals surface area contributed by atoms with Gasteiger partial charge in [-0.15, -0.1) is 0 Å². The minimum atomic E-state index is -0.302. The summed E-state index contributed by atoms with van der Waals surface area (Å²) in [7, 11) is 3.40. The minimum absolute atomic E-state index is 0.0129. The molecule has 5 atom stereocenters. The SMILES string of the molecule is C=CCOC(=O)N1CC[C@H]2[C@H](C(OC)OC)[C@@H](OCC)C[C@@H]3NCC[C@@]32C1. The Bertz CT molecular complexity index is 527. The Morgan fingerprint density at radius 1 is 1.41 bits per heavy atom. The maximum atomic E-state index is 12.5. The number of likely N-dealkylation sites (tertiary alicyclic amines) is 1. The number of hydrogen-bond donors (Lipinski definition) is 1. The lowest BCUT2D eigenvalue weighted by Crippen LogP contribution is -2.64. The molecule has 2 aliphatic heterocycles. The summed E-state index contributed by atoms with van der Waals surface area (Å²) in [6, 6.07) is 0.333. The highest BCUT2D eigenvalue weighted by molar-refractivity contribution is 5.68. The van der Waals surface area contributed by atoms with Crippen LogP contribution < -0.4 is 5.32 Å². The monoisotopic (exact) mass is 382 g/mol. The van der Waals surface area contributed by atoms with Gasteiger partial charge in [0.2, 0.25) is 0 Å². The van der Waals surface area contributed by atoms with E-state index >= 15 is 0 Å². The summed E-state index contributed by atoms with van der Waals surface area (Å²) in [4.78, 5) is 14.3. The first-order valence-corrected chi connectivity index (χ1v) is 10.0. The molecule has 3 fully saturated rings. The number of rotatable bonds is 7. The smallest absolute Gasteiger partial charge is 0.410 e. The van der Waals surface area contributed by atoms with Gasteiger partial charge in [0.15, 0.2) is 6.29 Å². The summed E-state index contributed by atoms with van der Waals surface area (Å²) in [5.74, 6) is 0.526. The van der Waals surface area contributed by atoms with Crippen LogP contribution in [0.25, 0.3) is 0 Å². The molecule has 1 saturated carbocycles. The molecule has 0 aromatic rings. The molecule has 0 aromatic heterocycles. The van der Waals surface area contributed by atoms with Gasteiger partial charge in [-0.3, -0.25) is 0 Å². The van der Waals surface area contributed by atoms with Crippen molar-refractivity contribution in [2.45, 2.75) is 44.6 Å². The molecule has 3 aliphatic rings. The number of hydrogen-bond acceptors (Lipinski definition) is 6. The highest BCUT2D eigenvalue weighted by Crippen LogP contribution is 2.55. The molecule has 0 radical (unpaired) electrons. The van der Waals surface area contributed by atoms with Crippen molar-refractivity contribution in [1.29, 1.82) is 0 Å². The van der Waals surface area contributed by atoms with E-state index in [0.717, 1.165) is 25.8 Å². The second-order valence-corrected chi connectivity index (χ2v) is 7.82. The number of nitrogens with one attached hydrogen (secondary N) is 1. The molecule has 0 aromatic carbocycles. The molecular weight excluding hydrogens is 348 g/mol. The number of ether oxygens (including phenoxy) is 4. The van der Waals surface area contributed by atoms with E-state index in [1.165, 1.54) is 0 Å². The van der Waals surface area contributed by atoms with Gasteiger partial charge in [0.25, 0.3) is 0 Å². The molecular formula is C20H34N2O5. The molecule has 0 unspecified atom stereocenters. The van der Waals surface area contributed by atoms with Crippen molar-refractivity contribution in [2.24, 2.45) is 17.3 Å². The van der Waals surface area contributed by atoms with Crippen molar-refractivity contribution >= 4 is 6.09 Å². The number of amides is 1. The van der Waals surface area contributed by atoms with Crippen LogP contribution in [0, 0.1) is 17.3 Å². The third-order valence-electron chi connectivity index (χ3n) is 6.71. The van der Waals surface area contributed by atoms with Gasteiger partial charge < -0.3 is 29.2 Å². The highest BCUT2D eigenvalue weighted by Gasteiger charge is 2.61. The average Bonchev–Trinajstić information content (AvgIpc) is 3.08. The Morgan fingerprint density at radius 3 is 2.85 bits per heavy atom. The van der Waals surface area contributed by atoms with E-state index in [9.17, 15) is 4.79 Å². The van der Waals surface area contributed by atoms with Crippen LogP contribution in [0.15, 0.2) is 12.7 Å². The van der Waals surface area contributed by atoms with Crippen molar-refractivity contribution in [3.63, 3.8) is 0 Å². The van der Waals surface area contributed by atoms with Gasteiger partial charge in [-0.05, 0) is 38.6 Å². The maximum absolute atomic E-state index is 12.5. The molecule has 1 spiro atoms. The molecule has 27 heavy (non-hydrogen) atoms. The van der Waals surface area contributed by atoms with E-state index < -0.39 is 0 Å². The van der Waals surface area contributed by atoms with Gasteiger partial charge in [-0.2, -0.15) is 0 Å². The summed E-state index contributed by atoms with van der Waals surface area (Å²) in [6.07, 6.45) is 4.01. The summed E-state index contributed by atoms with van der Waals surface area (Å²) < 4.78 is 22.8. The number of carbonyl (C=O) groups is 1. The first kappa shape index (κ1) is 20.6. The van der Waals surface area contributed by atoms with E-state index in [4.69, 9.17) is 18.9 Å². The predicted octanol–water partition coefficient (Wildman–Crippen LogP) is 2.02. The van der Waals surface area contributed by atoms with Crippen LogP contribution in [0.1, 0.15) is 26.2 Å². The van der Waals surface area contributed by atoms with Crippen LogP contribution in [-0.4, -0.2) is 76.5 Å². The molecule has 7 heteroatoms. The number of nitrogens with zero attached hydrogens (tertiary/aromatic N) is 1. The van der Waals surface area contributed by atoms with Gasteiger partial charge in [0.1, 0.15) is 6.61 Å². The molecule has 1 amide bonds. The van der Waals surface area contributed by atoms with Crippen molar-refractivity contribution in [2.75, 3.05) is 47.1 Å². The third kappa shape index (κ3) is 3.75. The largest absolute Gasteiger partial charge is 0.445 e. The van der Waals surface area contributed by atoms with Gasteiger partial charge in [-0.25, -0.2) is 4.79 Å². The second-order valence-electron chi connectivity index (χ2n) is 7.82. The standard InChI is InChI=1S/C20H34N2O5/c1-5-11-27-19(23)22-10-7-14-17(18(24-3)25-4)15(26-6-2)12-16-20(14,13-22)8-9-21-16/h5,14-18,21H,1,6-13H2,2-4H3/t14-,15-,16-,17-,20-/m0/s1. The van der Waals surface area contributed by atoms with Gasteiger partial charge >= 0.3 is 6.09 Å². The fraction of sp³-hybridized carbons (Fsp3) is 0.850. The third-order valence-corrected chi connectivity index (χ3v) is 6.71. The Hall–Kier alpha value is -1.15. The van der Waals surface area contributed by atoms with Gasteiger partial charge in [0, 0.05) is 51.3 Å². The fourth-order valence-electron chi connectivity index (χ4n) is 5.71. The van der Waals surface area contributed by atoms with Crippen molar-refractivity contribution < 1.29 is 23.7 Å². The lowest BCUT2D eigenvalue weighted by atomic mass is 9.55.